The summed E-state index contributed by atoms with van der Waals surface area (Å²) in [6, 6.07) is 14.7. The van der Waals surface area contributed by atoms with Gasteiger partial charge < -0.3 is 0 Å². The van der Waals surface area contributed by atoms with Gasteiger partial charge in [0, 0.05) is 6.07 Å². The number of hydrogen-bond donors (Lipinski definition) is 0. The SMILES string of the molecule is CCc1ccccc1-c1ccccc1[N+](=O)[O-]. The zero-order valence-corrected chi connectivity index (χ0v) is 9.59. The summed E-state index contributed by atoms with van der Waals surface area (Å²) < 4.78 is 0. The van der Waals surface area contributed by atoms with E-state index >= 15 is 0 Å². The van der Waals surface area contributed by atoms with Crippen LogP contribution in [-0.2, 0) is 6.42 Å². The van der Waals surface area contributed by atoms with Gasteiger partial charge >= 0.3 is 0 Å². The topological polar surface area (TPSA) is 43.1 Å². The van der Waals surface area contributed by atoms with E-state index in [0.29, 0.717) is 5.56 Å². The second-order valence-corrected chi connectivity index (χ2v) is 3.78. The van der Waals surface area contributed by atoms with Gasteiger partial charge in [-0.15, -0.1) is 0 Å². The molecule has 0 spiro atoms. The summed E-state index contributed by atoms with van der Waals surface area (Å²) in [7, 11) is 0. The minimum atomic E-state index is -0.332. The molecule has 0 N–H and O–H groups in total. The third-order valence-electron chi connectivity index (χ3n) is 2.79. The molecule has 0 radical (unpaired) electrons. The molecule has 0 amide bonds. The number of nitro benzene ring substituents is 1. The molecule has 0 heterocycles. The lowest BCUT2D eigenvalue weighted by molar-refractivity contribution is -0.384. The zero-order chi connectivity index (χ0) is 12.3. The highest BCUT2D eigenvalue weighted by Gasteiger charge is 2.15. The molecule has 0 bridgehead atoms. The van der Waals surface area contributed by atoms with Crippen molar-refractivity contribution in [2.24, 2.45) is 0 Å². The van der Waals surface area contributed by atoms with Crippen LogP contribution in [0.3, 0.4) is 0 Å². The Morgan fingerprint density at radius 3 is 2.24 bits per heavy atom. The minimum absolute atomic E-state index is 0.161. The number of aryl methyl sites for hydroxylation is 1. The molecular weight excluding hydrogens is 214 g/mol. The van der Waals surface area contributed by atoms with E-state index in [1.54, 1.807) is 18.2 Å². The maximum absolute atomic E-state index is 11.0. The Morgan fingerprint density at radius 1 is 1.00 bits per heavy atom. The van der Waals surface area contributed by atoms with Crippen molar-refractivity contribution in [3.63, 3.8) is 0 Å². The maximum Gasteiger partial charge on any atom is 0.277 e. The van der Waals surface area contributed by atoms with Gasteiger partial charge in [-0.25, -0.2) is 0 Å². The summed E-state index contributed by atoms with van der Waals surface area (Å²) in [6.07, 6.45) is 0.863. The van der Waals surface area contributed by atoms with Crippen LogP contribution in [0.15, 0.2) is 48.5 Å². The standard InChI is InChI=1S/C14H13NO2/c1-2-11-7-3-4-8-12(11)13-9-5-6-10-14(13)15(16)17/h3-10H,2H2,1H3. The quantitative estimate of drug-likeness (QED) is 0.590. The molecule has 17 heavy (non-hydrogen) atoms. The molecule has 0 aliphatic heterocycles. The van der Waals surface area contributed by atoms with Gasteiger partial charge in [-0.3, -0.25) is 10.1 Å². The predicted molar refractivity (Wildman–Crippen MR) is 67.9 cm³/mol. The van der Waals surface area contributed by atoms with Gasteiger partial charge in [0.2, 0.25) is 0 Å². The Labute approximate surface area is 99.9 Å². The molecule has 2 rings (SSSR count). The lowest BCUT2D eigenvalue weighted by atomic mass is 9.97. The van der Waals surface area contributed by atoms with Crippen molar-refractivity contribution in [2.45, 2.75) is 13.3 Å². The number of hydrogen-bond acceptors (Lipinski definition) is 2. The molecule has 3 heteroatoms. The molecule has 86 valence electrons. The number of benzene rings is 2. The van der Waals surface area contributed by atoms with E-state index in [2.05, 4.69) is 0 Å². The molecule has 2 aromatic rings. The summed E-state index contributed by atoms with van der Waals surface area (Å²) >= 11 is 0. The average molecular weight is 227 g/mol. The van der Waals surface area contributed by atoms with Crippen molar-refractivity contribution in [3.8, 4) is 11.1 Å². The number of para-hydroxylation sites is 1. The summed E-state index contributed by atoms with van der Waals surface area (Å²) in [6.45, 7) is 2.05. The molecule has 0 unspecified atom stereocenters. The predicted octanol–water partition coefficient (Wildman–Crippen LogP) is 3.82. The van der Waals surface area contributed by atoms with Crippen LogP contribution < -0.4 is 0 Å². The van der Waals surface area contributed by atoms with Gasteiger partial charge in [0.05, 0.1) is 10.5 Å². The Hall–Kier alpha value is -2.16. The van der Waals surface area contributed by atoms with Crippen LogP contribution in [0.1, 0.15) is 12.5 Å². The monoisotopic (exact) mass is 227 g/mol. The molecule has 0 aliphatic rings. The van der Waals surface area contributed by atoms with Gasteiger partial charge in [0.15, 0.2) is 0 Å². The van der Waals surface area contributed by atoms with Crippen LogP contribution in [0.25, 0.3) is 11.1 Å². The second-order valence-electron chi connectivity index (χ2n) is 3.78. The van der Waals surface area contributed by atoms with E-state index in [1.165, 1.54) is 0 Å². The van der Waals surface area contributed by atoms with E-state index in [9.17, 15) is 10.1 Å². The number of nitro groups is 1. The van der Waals surface area contributed by atoms with Crippen molar-refractivity contribution >= 4 is 5.69 Å². The van der Waals surface area contributed by atoms with Crippen LogP contribution in [0.5, 0.6) is 0 Å². The van der Waals surface area contributed by atoms with Crippen LogP contribution in [0, 0.1) is 10.1 Å². The lowest BCUT2D eigenvalue weighted by Gasteiger charge is -2.07. The second kappa shape index (κ2) is 4.78. The highest BCUT2D eigenvalue weighted by molar-refractivity contribution is 5.75. The molecule has 0 atom stereocenters. The molecule has 0 saturated carbocycles. The fraction of sp³-hybridized carbons (Fsp3) is 0.143. The summed E-state index contributed by atoms with van der Waals surface area (Å²) in [5, 5.41) is 11.0. The Bertz CT molecular complexity index is 549. The van der Waals surface area contributed by atoms with E-state index in [4.69, 9.17) is 0 Å². The summed E-state index contributed by atoms with van der Waals surface area (Å²) in [5.41, 5.74) is 2.92. The first-order valence-electron chi connectivity index (χ1n) is 5.55. The van der Waals surface area contributed by atoms with Crippen molar-refractivity contribution in [3.05, 3.63) is 64.2 Å². The van der Waals surface area contributed by atoms with Crippen molar-refractivity contribution in [1.82, 2.24) is 0 Å². The first-order valence-corrected chi connectivity index (χ1v) is 5.55. The van der Waals surface area contributed by atoms with Gasteiger partial charge in [-0.1, -0.05) is 43.3 Å². The third kappa shape index (κ3) is 2.18. The molecule has 0 aromatic heterocycles. The van der Waals surface area contributed by atoms with E-state index in [0.717, 1.165) is 17.5 Å². The van der Waals surface area contributed by atoms with Crippen LogP contribution in [0.2, 0.25) is 0 Å². The van der Waals surface area contributed by atoms with Crippen molar-refractivity contribution in [1.29, 1.82) is 0 Å². The van der Waals surface area contributed by atoms with Crippen molar-refractivity contribution < 1.29 is 4.92 Å². The fourth-order valence-electron chi connectivity index (χ4n) is 1.95. The maximum atomic E-state index is 11.0. The van der Waals surface area contributed by atoms with Crippen LogP contribution in [0.4, 0.5) is 5.69 Å². The minimum Gasteiger partial charge on any atom is -0.258 e. The van der Waals surface area contributed by atoms with E-state index < -0.39 is 0 Å². The van der Waals surface area contributed by atoms with Gasteiger partial charge in [-0.05, 0) is 23.6 Å². The highest BCUT2D eigenvalue weighted by atomic mass is 16.6. The molecular formula is C14H13NO2. The van der Waals surface area contributed by atoms with Crippen LogP contribution in [-0.4, -0.2) is 4.92 Å². The van der Waals surface area contributed by atoms with Gasteiger partial charge in [0.1, 0.15) is 0 Å². The first kappa shape index (κ1) is 11.3. The molecule has 0 saturated heterocycles. The highest BCUT2D eigenvalue weighted by Crippen LogP contribution is 2.31. The summed E-state index contributed by atoms with van der Waals surface area (Å²) in [5.74, 6) is 0. The fourth-order valence-corrected chi connectivity index (χ4v) is 1.95. The smallest absolute Gasteiger partial charge is 0.258 e. The molecule has 2 aromatic carbocycles. The Balaban J connectivity index is 2.64. The average Bonchev–Trinajstić information content (AvgIpc) is 2.38. The van der Waals surface area contributed by atoms with Gasteiger partial charge in [-0.2, -0.15) is 0 Å². The number of rotatable bonds is 3. The normalized spacial score (nSPS) is 10.2. The Kier molecular flexibility index (Phi) is 3.19. The van der Waals surface area contributed by atoms with Crippen molar-refractivity contribution in [2.75, 3.05) is 0 Å². The van der Waals surface area contributed by atoms with Crippen LogP contribution >= 0.6 is 0 Å². The largest absolute Gasteiger partial charge is 0.277 e. The molecule has 0 fully saturated rings. The molecule has 0 aliphatic carbocycles. The number of nitrogens with zero attached hydrogens (tertiary/aromatic N) is 1. The third-order valence-corrected chi connectivity index (χ3v) is 2.79. The van der Waals surface area contributed by atoms with E-state index in [1.807, 2.05) is 37.3 Å². The molecule has 3 nitrogen and oxygen atoms in total. The summed E-state index contributed by atoms with van der Waals surface area (Å²) in [4.78, 5) is 10.7. The lowest BCUT2D eigenvalue weighted by Crippen LogP contribution is -1.94. The first-order chi connectivity index (χ1) is 8.24. The zero-order valence-electron chi connectivity index (χ0n) is 9.59. The van der Waals surface area contributed by atoms with Gasteiger partial charge in [0.25, 0.3) is 5.69 Å². The van der Waals surface area contributed by atoms with E-state index in [-0.39, 0.29) is 10.6 Å². The Morgan fingerprint density at radius 2 is 1.59 bits per heavy atom.